The summed E-state index contributed by atoms with van der Waals surface area (Å²) in [6.07, 6.45) is 4.05. The average Bonchev–Trinajstić information content (AvgIpc) is 2.80. The van der Waals surface area contributed by atoms with Gasteiger partial charge in [-0.15, -0.1) is 0 Å². The third-order valence-electron chi connectivity index (χ3n) is 4.27. The van der Waals surface area contributed by atoms with Crippen LogP contribution in [0, 0.1) is 17.8 Å². The van der Waals surface area contributed by atoms with Crippen LogP contribution in [0.15, 0.2) is 0 Å². The van der Waals surface area contributed by atoms with E-state index in [1.807, 2.05) is 0 Å². The predicted molar refractivity (Wildman–Crippen MR) is 51.9 cm³/mol. The minimum atomic E-state index is -0.617. The predicted octanol–water partition coefficient (Wildman–Crippen LogP) is 1.19. The Labute approximate surface area is 84.1 Å². The van der Waals surface area contributed by atoms with E-state index in [0.717, 1.165) is 37.3 Å². The van der Waals surface area contributed by atoms with Crippen LogP contribution in [0.2, 0.25) is 0 Å². The Morgan fingerprint density at radius 1 is 1.43 bits per heavy atom. The van der Waals surface area contributed by atoms with Gasteiger partial charge >= 0.3 is 5.97 Å². The molecule has 3 aliphatic rings. The SMILES string of the molecule is O=C(O)CC1CCN2C[C@H]3C[C@H]3C2C1. The number of aliphatic carboxylic acids is 1. The van der Waals surface area contributed by atoms with Gasteiger partial charge in [0.2, 0.25) is 0 Å². The van der Waals surface area contributed by atoms with Gasteiger partial charge in [-0.2, -0.15) is 0 Å². The first-order chi connectivity index (χ1) is 6.74. The van der Waals surface area contributed by atoms with Crippen LogP contribution < -0.4 is 0 Å². The summed E-state index contributed by atoms with van der Waals surface area (Å²) in [5.41, 5.74) is 0. The normalized spacial score (nSPS) is 45.7. The fourth-order valence-corrected chi connectivity index (χ4v) is 3.48. The molecule has 0 amide bonds. The number of carboxylic acid groups (broad SMARTS) is 1. The number of hydrogen-bond donors (Lipinski definition) is 1. The van der Waals surface area contributed by atoms with Gasteiger partial charge in [-0.3, -0.25) is 9.69 Å². The second-order valence-electron chi connectivity index (χ2n) is 5.21. The van der Waals surface area contributed by atoms with Crippen LogP contribution in [0.25, 0.3) is 0 Å². The molecule has 0 aromatic heterocycles. The van der Waals surface area contributed by atoms with Gasteiger partial charge in [-0.1, -0.05) is 0 Å². The average molecular weight is 195 g/mol. The van der Waals surface area contributed by atoms with Gasteiger partial charge in [-0.05, 0) is 43.6 Å². The Bertz CT molecular complexity index is 266. The summed E-state index contributed by atoms with van der Waals surface area (Å²) < 4.78 is 0. The smallest absolute Gasteiger partial charge is 0.303 e. The summed E-state index contributed by atoms with van der Waals surface area (Å²) in [7, 11) is 0. The van der Waals surface area contributed by atoms with Gasteiger partial charge in [0.05, 0.1) is 0 Å². The first-order valence-electron chi connectivity index (χ1n) is 5.70. The Balaban J connectivity index is 1.62. The van der Waals surface area contributed by atoms with Crippen molar-refractivity contribution in [2.45, 2.75) is 31.7 Å². The van der Waals surface area contributed by atoms with Crippen molar-refractivity contribution in [3.63, 3.8) is 0 Å². The topological polar surface area (TPSA) is 40.5 Å². The number of fused-ring (bicyclic) bond motifs is 3. The van der Waals surface area contributed by atoms with Crippen molar-refractivity contribution in [3.05, 3.63) is 0 Å². The Morgan fingerprint density at radius 2 is 2.29 bits per heavy atom. The highest BCUT2D eigenvalue weighted by molar-refractivity contribution is 5.67. The summed E-state index contributed by atoms with van der Waals surface area (Å²) in [5, 5.41) is 8.77. The summed E-state index contributed by atoms with van der Waals surface area (Å²) in [5.74, 6) is 1.75. The summed E-state index contributed by atoms with van der Waals surface area (Å²) in [4.78, 5) is 13.2. The summed E-state index contributed by atoms with van der Waals surface area (Å²) >= 11 is 0. The molecule has 4 atom stereocenters. The second kappa shape index (κ2) is 2.96. The molecule has 2 unspecified atom stereocenters. The van der Waals surface area contributed by atoms with Crippen LogP contribution in [-0.2, 0) is 4.79 Å². The number of carbonyl (C=O) groups is 1. The Kier molecular flexibility index (Phi) is 1.84. The zero-order chi connectivity index (χ0) is 9.71. The maximum atomic E-state index is 10.6. The summed E-state index contributed by atoms with van der Waals surface area (Å²) in [6.45, 7) is 2.45. The van der Waals surface area contributed by atoms with Crippen LogP contribution in [0.4, 0.5) is 0 Å². The largest absolute Gasteiger partial charge is 0.481 e. The maximum Gasteiger partial charge on any atom is 0.303 e. The van der Waals surface area contributed by atoms with Gasteiger partial charge < -0.3 is 5.11 Å². The van der Waals surface area contributed by atoms with Crippen LogP contribution in [0.3, 0.4) is 0 Å². The van der Waals surface area contributed by atoms with E-state index in [9.17, 15) is 4.79 Å². The molecule has 0 bridgehead atoms. The first kappa shape index (κ1) is 8.72. The molecule has 3 fully saturated rings. The maximum absolute atomic E-state index is 10.6. The molecule has 0 aromatic rings. The monoisotopic (exact) mass is 195 g/mol. The molecule has 14 heavy (non-hydrogen) atoms. The minimum Gasteiger partial charge on any atom is -0.481 e. The third-order valence-corrected chi connectivity index (χ3v) is 4.27. The molecule has 1 N–H and O–H groups in total. The highest BCUT2D eigenvalue weighted by Gasteiger charge is 2.53. The van der Waals surface area contributed by atoms with Crippen molar-refractivity contribution in [1.82, 2.24) is 4.90 Å². The molecule has 2 saturated heterocycles. The molecule has 0 spiro atoms. The molecule has 2 aliphatic heterocycles. The van der Waals surface area contributed by atoms with Crippen molar-refractivity contribution < 1.29 is 9.90 Å². The van der Waals surface area contributed by atoms with E-state index in [2.05, 4.69) is 4.90 Å². The number of piperidine rings is 2. The van der Waals surface area contributed by atoms with E-state index >= 15 is 0 Å². The quantitative estimate of drug-likeness (QED) is 0.719. The second-order valence-corrected chi connectivity index (χ2v) is 5.21. The molecule has 0 radical (unpaired) electrons. The third kappa shape index (κ3) is 1.34. The summed E-state index contributed by atoms with van der Waals surface area (Å²) in [6, 6.07) is 0.748. The van der Waals surface area contributed by atoms with Crippen molar-refractivity contribution in [3.8, 4) is 0 Å². The minimum absolute atomic E-state index is 0.391. The zero-order valence-corrected chi connectivity index (χ0v) is 8.35. The van der Waals surface area contributed by atoms with E-state index in [0.29, 0.717) is 12.3 Å². The van der Waals surface area contributed by atoms with Crippen molar-refractivity contribution in [2.24, 2.45) is 17.8 Å². The highest BCUT2D eigenvalue weighted by atomic mass is 16.4. The highest BCUT2D eigenvalue weighted by Crippen LogP contribution is 2.52. The van der Waals surface area contributed by atoms with Gasteiger partial charge in [0, 0.05) is 19.0 Å². The molecule has 3 nitrogen and oxygen atoms in total. The number of hydrogen-bond acceptors (Lipinski definition) is 2. The van der Waals surface area contributed by atoms with Crippen LogP contribution in [0.5, 0.6) is 0 Å². The molecule has 1 aliphatic carbocycles. The van der Waals surface area contributed by atoms with Crippen molar-refractivity contribution in [1.29, 1.82) is 0 Å². The zero-order valence-electron chi connectivity index (χ0n) is 8.35. The van der Waals surface area contributed by atoms with E-state index in [1.165, 1.54) is 13.0 Å². The van der Waals surface area contributed by atoms with Crippen molar-refractivity contribution >= 4 is 5.97 Å². The molecule has 2 heterocycles. The molecular weight excluding hydrogens is 178 g/mol. The molecule has 1 saturated carbocycles. The Morgan fingerprint density at radius 3 is 3.07 bits per heavy atom. The van der Waals surface area contributed by atoms with E-state index < -0.39 is 5.97 Å². The lowest BCUT2D eigenvalue weighted by atomic mass is 9.87. The van der Waals surface area contributed by atoms with E-state index in [1.54, 1.807) is 0 Å². The molecule has 78 valence electrons. The Hall–Kier alpha value is -0.570. The lowest BCUT2D eigenvalue weighted by Crippen LogP contribution is -2.41. The van der Waals surface area contributed by atoms with Crippen LogP contribution >= 0.6 is 0 Å². The van der Waals surface area contributed by atoms with E-state index in [4.69, 9.17) is 5.11 Å². The van der Waals surface area contributed by atoms with Gasteiger partial charge in [0.15, 0.2) is 0 Å². The fraction of sp³-hybridized carbons (Fsp3) is 0.909. The van der Waals surface area contributed by atoms with E-state index in [-0.39, 0.29) is 0 Å². The number of carboxylic acids is 1. The first-order valence-corrected chi connectivity index (χ1v) is 5.70. The fourth-order valence-electron chi connectivity index (χ4n) is 3.48. The molecular formula is C11H17NO2. The van der Waals surface area contributed by atoms with Crippen LogP contribution in [0.1, 0.15) is 25.7 Å². The standard InChI is InChI=1S/C11H17NO2/c13-11(14)4-7-1-2-12-6-8-5-9(8)10(12)3-7/h7-10H,1-6H2,(H,13,14)/t7?,8-,9-,10?/m1/s1. The molecule has 0 aromatic carbocycles. The molecule has 3 heteroatoms. The number of nitrogens with zero attached hydrogens (tertiary/aromatic N) is 1. The van der Waals surface area contributed by atoms with Gasteiger partial charge in [0.1, 0.15) is 0 Å². The number of rotatable bonds is 2. The van der Waals surface area contributed by atoms with Crippen molar-refractivity contribution in [2.75, 3.05) is 13.1 Å². The lowest BCUT2D eigenvalue weighted by Gasteiger charge is -2.36. The lowest BCUT2D eigenvalue weighted by molar-refractivity contribution is -0.138. The van der Waals surface area contributed by atoms with Gasteiger partial charge in [-0.25, -0.2) is 0 Å². The molecule has 3 rings (SSSR count). The van der Waals surface area contributed by atoms with Gasteiger partial charge in [0.25, 0.3) is 0 Å². The van der Waals surface area contributed by atoms with Crippen LogP contribution in [-0.4, -0.2) is 35.1 Å².